The molecule has 2 N–H and O–H groups in total. The SMILES string of the molecule is CC(C)(C)OOC1(C(=O)O)C=CC=CC1(OOC(C)(C)C)C(=O)O. The highest BCUT2D eigenvalue weighted by molar-refractivity contribution is 5.95. The van der Waals surface area contributed by atoms with Crippen molar-refractivity contribution in [2.24, 2.45) is 0 Å². The third-order valence-electron chi connectivity index (χ3n) is 2.81. The standard InChI is InChI=1S/C16H24O8/c1-13(2,3)21-23-15(11(17)18)9-7-8-10-16(15,12(19)20)24-22-14(4,5)6/h7-10H,1-6H3,(H,17,18)(H,19,20). The van der Waals surface area contributed by atoms with Crippen molar-refractivity contribution < 1.29 is 39.4 Å². The van der Waals surface area contributed by atoms with E-state index in [1.165, 1.54) is 12.2 Å². The molecule has 0 aromatic heterocycles. The van der Waals surface area contributed by atoms with Crippen LogP contribution in [0.25, 0.3) is 0 Å². The van der Waals surface area contributed by atoms with Gasteiger partial charge >= 0.3 is 11.9 Å². The lowest BCUT2D eigenvalue weighted by atomic mass is 9.79. The fourth-order valence-electron chi connectivity index (χ4n) is 1.72. The third kappa shape index (κ3) is 4.21. The van der Waals surface area contributed by atoms with Gasteiger partial charge in [-0.2, -0.15) is 0 Å². The van der Waals surface area contributed by atoms with Crippen LogP contribution in [0.15, 0.2) is 24.3 Å². The Hall–Kier alpha value is -1.74. The van der Waals surface area contributed by atoms with Crippen LogP contribution in [0, 0.1) is 0 Å². The second-order valence-electron chi connectivity index (χ2n) is 7.36. The second-order valence-corrected chi connectivity index (χ2v) is 7.36. The van der Waals surface area contributed by atoms with E-state index >= 15 is 0 Å². The number of hydrogen-bond donors (Lipinski definition) is 2. The maximum Gasteiger partial charge on any atom is 0.347 e. The van der Waals surface area contributed by atoms with Gasteiger partial charge in [-0.15, -0.1) is 0 Å². The first-order chi connectivity index (χ1) is 10.8. The molecule has 8 nitrogen and oxygen atoms in total. The summed E-state index contributed by atoms with van der Waals surface area (Å²) in [6, 6.07) is 0. The highest BCUT2D eigenvalue weighted by atomic mass is 17.2. The lowest BCUT2D eigenvalue weighted by Gasteiger charge is -2.41. The van der Waals surface area contributed by atoms with E-state index in [0.717, 1.165) is 12.2 Å². The molecule has 1 rings (SSSR count). The van der Waals surface area contributed by atoms with Gasteiger partial charge in [-0.05, 0) is 53.7 Å². The van der Waals surface area contributed by atoms with Gasteiger partial charge in [0.2, 0.25) is 0 Å². The van der Waals surface area contributed by atoms with E-state index < -0.39 is 34.3 Å². The first-order valence-corrected chi connectivity index (χ1v) is 7.33. The summed E-state index contributed by atoms with van der Waals surface area (Å²) in [5.74, 6) is -3.21. The Labute approximate surface area is 140 Å². The number of carbonyl (C=O) groups is 2. The molecule has 0 fully saturated rings. The molecular weight excluding hydrogens is 320 g/mol. The van der Waals surface area contributed by atoms with Gasteiger partial charge in [-0.1, -0.05) is 12.2 Å². The molecule has 8 heteroatoms. The van der Waals surface area contributed by atoms with Gasteiger partial charge in [0.1, 0.15) is 0 Å². The molecule has 0 radical (unpaired) electrons. The smallest absolute Gasteiger partial charge is 0.347 e. The van der Waals surface area contributed by atoms with Crippen LogP contribution in [-0.4, -0.2) is 44.6 Å². The molecule has 0 aliphatic heterocycles. The van der Waals surface area contributed by atoms with E-state index in [1.807, 2.05) is 0 Å². The maximum atomic E-state index is 11.9. The normalized spacial score (nSPS) is 27.2. The lowest BCUT2D eigenvalue weighted by molar-refractivity contribution is -0.452. The Morgan fingerprint density at radius 2 is 1.04 bits per heavy atom. The van der Waals surface area contributed by atoms with Crippen molar-refractivity contribution in [1.82, 2.24) is 0 Å². The highest BCUT2D eigenvalue weighted by Crippen LogP contribution is 2.39. The molecule has 0 aromatic carbocycles. The monoisotopic (exact) mass is 344 g/mol. The Balaban J connectivity index is 3.38. The topological polar surface area (TPSA) is 112 Å². The minimum absolute atomic E-state index is 0.882. The molecule has 0 saturated heterocycles. The summed E-state index contributed by atoms with van der Waals surface area (Å²) in [5.41, 5.74) is -6.72. The Bertz CT molecular complexity index is 501. The number of carboxylic acid groups (broad SMARTS) is 2. The van der Waals surface area contributed by atoms with Gasteiger partial charge < -0.3 is 10.2 Å². The molecule has 0 aromatic rings. The predicted molar refractivity (Wildman–Crippen MR) is 82.9 cm³/mol. The van der Waals surface area contributed by atoms with E-state index in [0.29, 0.717) is 0 Å². The van der Waals surface area contributed by atoms with E-state index in [9.17, 15) is 19.8 Å². The summed E-state index contributed by atoms with van der Waals surface area (Å²) in [4.78, 5) is 44.3. The van der Waals surface area contributed by atoms with Crippen molar-refractivity contribution in [3.05, 3.63) is 24.3 Å². The lowest BCUT2D eigenvalue weighted by Crippen LogP contribution is -2.65. The molecule has 136 valence electrons. The molecule has 2 atom stereocenters. The molecule has 2 unspecified atom stereocenters. The van der Waals surface area contributed by atoms with Crippen LogP contribution in [0.3, 0.4) is 0 Å². The van der Waals surface area contributed by atoms with Crippen molar-refractivity contribution in [3.63, 3.8) is 0 Å². The van der Waals surface area contributed by atoms with Gasteiger partial charge in [0.25, 0.3) is 11.2 Å². The average molecular weight is 344 g/mol. The average Bonchev–Trinajstić information content (AvgIpc) is 2.41. The van der Waals surface area contributed by atoms with Crippen LogP contribution in [-0.2, 0) is 29.1 Å². The van der Waals surface area contributed by atoms with Gasteiger partial charge in [-0.25, -0.2) is 29.1 Å². The van der Waals surface area contributed by atoms with Crippen molar-refractivity contribution in [2.45, 2.75) is 63.9 Å². The number of rotatable bonds is 6. The summed E-state index contributed by atoms with van der Waals surface area (Å²) >= 11 is 0. The van der Waals surface area contributed by atoms with Crippen LogP contribution >= 0.6 is 0 Å². The van der Waals surface area contributed by atoms with Crippen molar-refractivity contribution in [2.75, 3.05) is 0 Å². The number of aliphatic carboxylic acids is 2. The number of hydrogen-bond acceptors (Lipinski definition) is 6. The van der Waals surface area contributed by atoms with Crippen molar-refractivity contribution >= 4 is 11.9 Å². The fraction of sp³-hybridized carbons (Fsp3) is 0.625. The molecule has 0 spiro atoms. The summed E-state index contributed by atoms with van der Waals surface area (Å²) in [6.07, 6.45) is 4.76. The van der Waals surface area contributed by atoms with E-state index in [-0.39, 0.29) is 0 Å². The minimum Gasteiger partial charge on any atom is -0.479 e. The van der Waals surface area contributed by atoms with E-state index in [2.05, 4.69) is 0 Å². The van der Waals surface area contributed by atoms with Crippen LogP contribution in [0.1, 0.15) is 41.5 Å². The number of allylic oxidation sites excluding steroid dienone is 2. The zero-order chi connectivity index (χ0) is 18.8. The summed E-state index contributed by atoms with van der Waals surface area (Å²) < 4.78 is 0. The summed E-state index contributed by atoms with van der Waals surface area (Å²) in [6.45, 7) is 9.75. The third-order valence-corrected chi connectivity index (χ3v) is 2.81. The first kappa shape index (κ1) is 20.3. The van der Waals surface area contributed by atoms with Crippen LogP contribution < -0.4 is 0 Å². The zero-order valence-corrected chi connectivity index (χ0v) is 14.7. The summed E-state index contributed by atoms with van der Waals surface area (Å²) in [5, 5.41) is 19.4. The molecular formula is C16H24O8. The second kappa shape index (κ2) is 6.64. The Kier molecular flexibility index (Phi) is 5.62. The Morgan fingerprint density at radius 3 is 1.25 bits per heavy atom. The quantitative estimate of drug-likeness (QED) is 0.557. The molecule has 0 amide bonds. The molecule has 1 aliphatic rings. The first-order valence-electron chi connectivity index (χ1n) is 7.33. The minimum atomic E-state index is -2.48. The maximum absolute atomic E-state index is 11.9. The van der Waals surface area contributed by atoms with Crippen LogP contribution in [0.2, 0.25) is 0 Å². The van der Waals surface area contributed by atoms with Gasteiger partial charge in [0, 0.05) is 0 Å². The molecule has 0 bridgehead atoms. The predicted octanol–water partition coefficient (Wildman–Crippen LogP) is 2.25. The van der Waals surface area contributed by atoms with E-state index in [1.54, 1.807) is 41.5 Å². The molecule has 0 saturated carbocycles. The van der Waals surface area contributed by atoms with Gasteiger partial charge in [0.05, 0.1) is 11.2 Å². The fourth-order valence-corrected chi connectivity index (χ4v) is 1.72. The Morgan fingerprint density at radius 1 is 0.750 bits per heavy atom. The van der Waals surface area contributed by atoms with Crippen molar-refractivity contribution in [3.8, 4) is 0 Å². The van der Waals surface area contributed by atoms with E-state index in [4.69, 9.17) is 19.6 Å². The number of carboxylic acids is 2. The molecule has 1 aliphatic carbocycles. The van der Waals surface area contributed by atoms with Gasteiger partial charge in [0.15, 0.2) is 0 Å². The van der Waals surface area contributed by atoms with Gasteiger partial charge in [-0.3, -0.25) is 0 Å². The van der Waals surface area contributed by atoms with Crippen LogP contribution in [0.5, 0.6) is 0 Å². The van der Waals surface area contributed by atoms with Crippen LogP contribution in [0.4, 0.5) is 0 Å². The highest BCUT2D eigenvalue weighted by Gasteiger charge is 2.66. The largest absolute Gasteiger partial charge is 0.479 e. The zero-order valence-electron chi connectivity index (χ0n) is 14.7. The molecule has 24 heavy (non-hydrogen) atoms. The summed E-state index contributed by atoms with van der Waals surface area (Å²) in [7, 11) is 0. The molecule has 0 heterocycles. The van der Waals surface area contributed by atoms with Crippen molar-refractivity contribution in [1.29, 1.82) is 0 Å².